The Morgan fingerprint density at radius 2 is 1.89 bits per heavy atom. The minimum Gasteiger partial charge on any atom is -0.493 e. The van der Waals surface area contributed by atoms with Crippen molar-refractivity contribution in [2.75, 3.05) is 40.4 Å². The molecule has 0 saturated heterocycles. The van der Waals surface area contributed by atoms with E-state index in [-0.39, 0.29) is 6.61 Å². The lowest BCUT2D eigenvalue weighted by molar-refractivity contribution is 0.0705. The number of rotatable bonds is 12. The molecule has 0 aliphatic rings. The minimum absolute atomic E-state index is 0.235. The second-order valence-corrected chi connectivity index (χ2v) is 6.80. The maximum Gasteiger partial charge on any atom is 0.161 e. The smallest absolute Gasteiger partial charge is 0.161 e. The largest absolute Gasteiger partial charge is 0.493 e. The van der Waals surface area contributed by atoms with Crippen molar-refractivity contribution >= 4 is 0 Å². The predicted octanol–water partition coefficient (Wildman–Crippen LogP) is 2.20. The van der Waals surface area contributed by atoms with Crippen molar-refractivity contribution in [3.8, 4) is 11.5 Å². The second kappa shape index (κ2) is 11.6. The predicted molar refractivity (Wildman–Crippen MR) is 109 cm³/mol. The van der Waals surface area contributed by atoms with E-state index in [4.69, 9.17) is 9.47 Å². The summed E-state index contributed by atoms with van der Waals surface area (Å²) in [5.41, 5.74) is 2.04. The molecule has 0 fully saturated rings. The van der Waals surface area contributed by atoms with Crippen LogP contribution in [-0.4, -0.2) is 71.4 Å². The lowest BCUT2D eigenvalue weighted by Gasteiger charge is -2.22. The Morgan fingerprint density at radius 1 is 1.11 bits per heavy atom. The van der Waals surface area contributed by atoms with Gasteiger partial charge in [0.15, 0.2) is 11.5 Å². The van der Waals surface area contributed by atoms with E-state index in [0.29, 0.717) is 24.6 Å². The molecule has 0 radical (unpaired) electrons. The molecule has 0 unspecified atom stereocenters. The highest BCUT2D eigenvalue weighted by Gasteiger charge is 2.13. The van der Waals surface area contributed by atoms with E-state index >= 15 is 0 Å². The van der Waals surface area contributed by atoms with Gasteiger partial charge in [-0.1, -0.05) is 19.9 Å². The molecular formula is C21H32N4O3. The number of aromatic nitrogens is 2. The van der Waals surface area contributed by atoms with Crippen molar-refractivity contribution in [1.29, 1.82) is 0 Å². The SMILES string of the molecule is CCN(CC)C[C@@H](O)COc1ccc(CN(C)Cc2cnccn2)cc1OC. The number of aliphatic hydroxyl groups is 1. The molecule has 0 aliphatic heterocycles. The summed E-state index contributed by atoms with van der Waals surface area (Å²) in [6.07, 6.45) is 4.61. The fourth-order valence-corrected chi connectivity index (χ4v) is 3.00. The molecular weight excluding hydrogens is 356 g/mol. The van der Waals surface area contributed by atoms with Crippen LogP contribution in [0, 0.1) is 0 Å². The van der Waals surface area contributed by atoms with Crippen LogP contribution in [0.25, 0.3) is 0 Å². The zero-order valence-electron chi connectivity index (χ0n) is 17.3. The zero-order valence-corrected chi connectivity index (χ0v) is 17.3. The third kappa shape index (κ3) is 7.07. The second-order valence-electron chi connectivity index (χ2n) is 6.80. The molecule has 0 aliphatic carbocycles. The molecule has 1 aromatic heterocycles. The van der Waals surface area contributed by atoms with E-state index in [0.717, 1.165) is 30.9 Å². The minimum atomic E-state index is -0.539. The molecule has 7 nitrogen and oxygen atoms in total. The summed E-state index contributed by atoms with van der Waals surface area (Å²) in [6.45, 7) is 8.28. The lowest BCUT2D eigenvalue weighted by atomic mass is 10.2. The Morgan fingerprint density at radius 3 is 2.54 bits per heavy atom. The third-order valence-electron chi connectivity index (χ3n) is 4.52. The first-order valence-corrected chi connectivity index (χ1v) is 9.69. The van der Waals surface area contributed by atoms with Crippen molar-refractivity contribution < 1.29 is 14.6 Å². The van der Waals surface area contributed by atoms with E-state index in [1.165, 1.54) is 0 Å². The summed E-state index contributed by atoms with van der Waals surface area (Å²) in [5.74, 6) is 1.31. The lowest BCUT2D eigenvalue weighted by Crippen LogP contribution is -2.35. The van der Waals surface area contributed by atoms with Gasteiger partial charge >= 0.3 is 0 Å². The van der Waals surface area contributed by atoms with E-state index in [2.05, 4.69) is 33.6 Å². The molecule has 7 heteroatoms. The summed E-state index contributed by atoms with van der Waals surface area (Å²) < 4.78 is 11.3. The van der Waals surface area contributed by atoms with Crippen molar-refractivity contribution in [2.45, 2.75) is 33.0 Å². The van der Waals surface area contributed by atoms with Gasteiger partial charge in [-0.3, -0.25) is 14.9 Å². The van der Waals surface area contributed by atoms with E-state index in [1.807, 2.05) is 25.2 Å². The Labute approximate surface area is 167 Å². The Bertz CT molecular complexity index is 695. The van der Waals surface area contributed by atoms with E-state index in [9.17, 15) is 5.11 Å². The Kier molecular flexibility index (Phi) is 9.13. The number of aliphatic hydroxyl groups excluding tert-OH is 1. The van der Waals surface area contributed by atoms with Crippen LogP contribution < -0.4 is 9.47 Å². The average Bonchev–Trinajstić information content (AvgIpc) is 2.71. The Hall–Kier alpha value is -2.22. The fraction of sp³-hybridized carbons (Fsp3) is 0.524. The van der Waals surface area contributed by atoms with Crippen molar-refractivity contribution in [3.05, 3.63) is 48.0 Å². The maximum absolute atomic E-state index is 10.2. The number of hydrogen-bond acceptors (Lipinski definition) is 7. The molecule has 1 N–H and O–H groups in total. The van der Waals surface area contributed by atoms with Gasteiger partial charge in [-0.2, -0.15) is 0 Å². The van der Waals surface area contributed by atoms with Crippen LogP contribution in [0.3, 0.4) is 0 Å². The van der Waals surface area contributed by atoms with Crippen molar-refractivity contribution in [1.82, 2.24) is 19.8 Å². The van der Waals surface area contributed by atoms with Gasteiger partial charge in [0, 0.05) is 38.2 Å². The van der Waals surface area contributed by atoms with Gasteiger partial charge in [-0.15, -0.1) is 0 Å². The highest BCUT2D eigenvalue weighted by atomic mass is 16.5. The van der Waals surface area contributed by atoms with Gasteiger partial charge in [0.25, 0.3) is 0 Å². The van der Waals surface area contributed by atoms with Crippen LogP contribution >= 0.6 is 0 Å². The highest BCUT2D eigenvalue weighted by Crippen LogP contribution is 2.28. The normalized spacial score (nSPS) is 12.4. The Balaban J connectivity index is 1.92. The molecule has 154 valence electrons. The molecule has 1 heterocycles. The molecule has 1 atom stereocenters. The van der Waals surface area contributed by atoms with Gasteiger partial charge in [0.05, 0.1) is 12.8 Å². The number of methoxy groups -OCH3 is 1. The molecule has 2 rings (SSSR count). The summed E-state index contributed by atoms with van der Waals surface area (Å²) in [5, 5.41) is 10.2. The maximum atomic E-state index is 10.2. The average molecular weight is 389 g/mol. The molecule has 0 saturated carbocycles. The van der Waals surface area contributed by atoms with E-state index in [1.54, 1.807) is 25.7 Å². The van der Waals surface area contributed by atoms with Crippen LogP contribution in [0.2, 0.25) is 0 Å². The van der Waals surface area contributed by atoms with Crippen LogP contribution in [-0.2, 0) is 13.1 Å². The van der Waals surface area contributed by atoms with Crippen molar-refractivity contribution in [2.24, 2.45) is 0 Å². The molecule has 1 aromatic carbocycles. The zero-order chi connectivity index (χ0) is 20.4. The van der Waals surface area contributed by atoms with Gasteiger partial charge in [0.2, 0.25) is 0 Å². The first kappa shape index (κ1) is 22.1. The number of benzene rings is 1. The summed E-state index contributed by atoms with van der Waals surface area (Å²) in [7, 11) is 3.66. The van der Waals surface area contributed by atoms with E-state index < -0.39 is 6.10 Å². The third-order valence-corrected chi connectivity index (χ3v) is 4.52. The van der Waals surface area contributed by atoms with Gasteiger partial charge in [0.1, 0.15) is 12.7 Å². The number of nitrogens with zero attached hydrogens (tertiary/aromatic N) is 4. The molecule has 0 bridgehead atoms. The molecule has 28 heavy (non-hydrogen) atoms. The number of ether oxygens (including phenoxy) is 2. The molecule has 2 aromatic rings. The first-order valence-electron chi connectivity index (χ1n) is 9.69. The summed E-state index contributed by atoms with van der Waals surface area (Å²) >= 11 is 0. The molecule has 0 spiro atoms. The van der Waals surface area contributed by atoms with Crippen LogP contribution in [0.1, 0.15) is 25.1 Å². The van der Waals surface area contributed by atoms with Gasteiger partial charge < -0.3 is 19.5 Å². The summed E-state index contributed by atoms with van der Waals surface area (Å²) in [6, 6.07) is 5.88. The van der Waals surface area contributed by atoms with Crippen LogP contribution in [0.5, 0.6) is 11.5 Å². The summed E-state index contributed by atoms with van der Waals surface area (Å²) in [4.78, 5) is 12.7. The number of hydrogen-bond donors (Lipinski definition) is 1. The standard InChI is InChI=1S/C21H32N4O3/c1-5-25(6-2)15-19(26)16-28-20-8-7-17(11-21(20)27-4)13-24(3)14-18-12-22-9-10-23-18/h7-12,19,26H,5-6,13-16H2,1-4H3/t19-/m1/s1. The van der Waals surface area contributed by atoms with Crippen LogP contribution in [0.4, 0.5) is 0 Å². The monoisotopic (exact) mass is 388 g/mol. The van der Waals surface area contributed by atoms with Gasteiger partial charge in [-0.25, -0.2) is 0 Å². The molecule has 0 amide bonds. The topological polar surface area (TPSA) is 71.0 Å². The fourth-order valence-electron chi connectivity index (χ4n) is 3.00. The quantitative estimate of drug-likeness (QED) is 0.598. The van der Waals surface area contributed by atoms with Gasteiger partial charge in [-0.05, 0) is 37.8 Å². The number of likely N-dealkylation sites (N-methyl/N-ethyl adjacent to an activating group) is 1. The van der Waals surface area contributed by atoms with Crippen LogP contribution in [0.15, 0.2) is 36.8 Å². The highest BCUT2D eigenvalue weighted by molar-refractivity contribution is 5.43. The van der Waals surface area contributed by atoms with Crippen molar-refractivity contribution in [3.63, 3.8) is 0 Å². The first-order chi connectivity index (χ1) is 13.5.